The maximum Gasteiger partial charge on any atom is 0.413 e. The second-order valence-corrected chi connectivity index (χ2v) is 5.78. The molecule has 0 saturated heterocycles. The number of primary amides is 1. The van der Waals surface area contributed by atoms with Gasteiger partial charge in [-0.05, 0) is 18.6 Å². The summed E-state index contributed by atoms with van der Waals surface area (Å²) in [5.74, 6) is -0.781. The number of benzene rings is 1. The van der Waals surface area contributed by atoms with Crippen LogP contribution < -0.4 is 21.1 Å². The molecule has 0 fully saturated rings. The molecule has 1 rings (SSSR count). The number of nitrogens with one attached hydrogen (secondary N) is 2. The van der Waals surface area contributed by atoms with Gasteiger partial charge in [-0.2, -0.15) is 0 Å². The minimum absolute atomic E-state index is 0.286. The summed E-state index contributed by atoms with van der Waals surface area (Å²) in [5, 5.41) is 5.10. The van der Waals surface area contributed by atoms with Crippen molar-refractivity contribution >= 4 is 17.9 Å². The maximum atomic E-state index is 12.2. The number of nitrogens with two attached hydrogens (primary N) is 1. The average Bonchev–Trinajstić information content (AvgIpc) is 2.57. The molecule has 0 aliphatic carbocycles. The number of amides is 3. The summed E-state index contributed by atoms with van der Waals surface area (Å²) < 4.78 is 5.06. The van der Waals surface area contributed by atoms with Crippen LogP contribution in [0.2, 0.25) is 0 Å². The van der Waals surface area contributed by atoms with Gasteiger partial charge in [0, 0.05) is 6.54 Å². The van der Waals surface area contributed by atoms with Crippen molar-refractivity contribution in [1.29, 1.82) is 0 Å². The molecule has 4 N–H and O–H groups in total. The van der Waals surface area contributed by atoms with Gasteiger partial charge in [-0.15, -0.1) is 0 Å². The Hall–Kier alpha value is -2.57. The van der Waals surface area contributed by atoms with Gasteiger partial charge in [0.1, 0.15) is 11.8 Å². The molecule has 0 bridgehead atoms. The zero-order chi connectivity index (χ0) is 18.5. The molecule has 0 aliphatic rings. The normalized spacial score (nSPS) is 11.4. The Kier molecular flexibility index (Phi) is 9.74. The van der Waals surface area contributed by atoms with E-state index in [0.717, 1.165) is 25.7 Å². The number of carbonyl (C=O) groups is 3. The van der Waals surface area contributed by atoms with Crippen LogP contribution in [0, 0.1) is 0 Å². The van der Waals surface area contributed by atoms with E-state index in [1.54, 1.807) is 30.3 Å². The van der Waals surface area contributed by atoms with E-state index in [0.29, 0.717) is 12.3 Å². The van der Waals surface area contributed by atoms with E-state index in [9.17, 15) is 14.4 Å². The Morgan fingerprint density at radius 1 is 1.08 bits per heavy atom. The van der Waals surface area contributed by atoms with Crippen molar-refractivity contribution in [2.45, 2.75) is 51.5 Å². The van der Waals surface area contributed by atoms with Crippen LogP contribution in [-0.4, -0.2) is 30.5 Å². The van der Waals surface area contributed by atoms with Crippen LogP contribution in [-0.2, 0) is 9.59 Å². The molecule has 1 aromatic carbocycles. The second kappa shape index (κ2) is 11.9. The number of unbranched alkanes of at least 4 members (excludes halogenated alkanes) is 4. The molecule has 0 aliphatic heterocycles. The van der Waals surface area contributed by atoms with Crippen molar-refractivity contribution in [2.75, 3.05) is 6.54 Å². The lowest BCUT2D eigenvalue weighted by Crippen LogP contribution is -2.49. The molecule has 1 atom stereocenters. The number of hydrogen-bond acceptors (Lipinski definition) is 4. The molecular formula is C18H27N3O4. The molecule has 0 unspecified atom stereocenters. The second-order valence-electron chi connectivity index (χ2n) is 5.78. The lowest BCUT2D eigenvalue weighted by atomic mass is 10.1. The molecular weight excluding hydrogens is 322 g/mol. The van der Waals surface area contributed by atoms with E-state index in [2.05, 4.69) is 17.6 Å². The van der Waals surface area contributed by atoms with Gasteiger partial charge in [0.25, 0.3) is 0 Å². The van der Waals surface area contributed by atoms with Gasteiger partial charge >= 0.3 is 6.09 Å². The third-order valence-electron chi connectivity index (χ3n) is 3.55. The number of carbonyl (C=O) groups excluding carboxylic acids is 3. The van der Waals surface area contributed by atoms with Gasteiger partial charge in [0.2, 0.25) is 11.8 Å². The zero-order valence-electron chi connectivity index (χ0n) is 14.6. The molecule has 0 heterocycles. The Bertz CT molecular complexity index is 549. The summed E-state index contributed by atoms with van der Waals surface area (Å²) in [6.07, 6.45) is 4.23. The van der Waals surface area contributed by atoms with E-state index < -0.39 is 23.9 Å². The van der Waals surface area contributed by atoms with Gasteiger partial charge in [-0.25, -0.2) is 4.79 Å². The van der Waals surface area contributed by atoms with Crippen LogP contribution >= 0.6 is 0 Å². The van der Waals surface area contributed by atoms with Crippen LogP contribution in [0.1, 0.15) is 45.4 Å². The number of ether oxygens (including phenoxy) is 1. The van der Waals surface area contributed by atoms with E-state index >= 15 is 0 Å². The summed E-state index contributed by atoms with van der Waals surface area (Å²) in [4.78, 5) is 35.2. The highest BCUT2D eigenvalue weighted by Gasteiger charge is 2.23. The van der Waals surface area contributed by atoms with Crippen molar-refractivity contribution in [1.82, 2.24) is 10.6 Å². The molecule has 1 aromatic rings. The summed E-state index contributed by atoms with van der Waals surface area (Å²) in [7, 11) is 0. The quantitative estimate of drug-likeness (QED) is 0.531. The molecule has 25 heavy (non-hydrogen) atoms. The van der Waals surface area contributed by atoms with Crippen LogP contribution in [0.5, 0.6) is 5.75 Å². The fraction of sp³-hybridized carbons (Fsp3) is 0.500. The lowest BCUT2D eigenvalue weighted by molar-refractivity contribution is -0.127. The number of para-hydroxylation sites is 1. The van der Waals surface area contributed by atoms with E-state index in [-0.39, 0.29) is 6.42 Å². The van der Waals surface area contributed by atoms with Crippen molar-refractivity contribution in [3.05, 3.63) is 30.3 Å². The lowest BCUT2D eigenvalue weighted by Gasteiger charge is -2.17. The highest BCUT2D eigenvalue weighted by Crippen LogP contribution is 2.08. The van der Waals surface area contributed by atoms with E-state index in [1.165, 1.54) is 6.42 Å². The predicted octanol–water partition coefficient (Wildman–Crippen LogP) is 2.11. The van der Waals surface area contributed by atoms with Crippen LogP contribution in [0.25, 0.3) is 0 Å². The molecule has 138 valence electrons. The summed E-state index contributed by atoms with van der Waals surface area (Å²) in [6, 6.07) is 7.39. The molecule has 7 nitrogen and oxygen atoms in total. The molecule has 0 aromatic heterocycles. The third kappa shape index (κ3) is 9.34. The first kappa shape index (κ1) is 20.5. The van der Waals surface area contributed by atoms with Gasteiger partial charge in [-0.3, -0.25) is 9.59 Å². The van der Waals surface area contributed by atoms with Crippen molar-refractivity contribution in [2.24, 2.45) is 5.73 Å². The minimum atomic E-state index is -1.05. The Morgan fingerprint density at radius 2 is 1.76 bits per heavy atom. The zero-order valence-corrected chi connectivity index (χ0v) is 14.6. The van der Waals surface area contributed by atoms with Crippen LogP contribution in [0.3, 0.4) is 0 Å². The summed E-state index contributed by atoms with van der Waals surface area (Å²) >= 11 is 0. The maximum absolute atomic E-state index is 12.2. The fourth-order valence-corrected chi connectivity index (χ4v) is 2.24. The van der Waals surface area contributed by atoms with Gasteiger partial charge in [0.15, 0.2) is 0 Å². The molecule has 7 heteroatoms. The standard InChI is InChI=1S/C18H27N3O4/c1-2-3-4-5-9-12-20-17(23)15(13-16(19)22)21-18(24)25-14-10-7-6-8-11-14/h6-8,10-11,15H,2-5,9,12-13H2,1H3,(H2,19,22)(H,20,23)(H,21,24)/t15-/m0/s1. The van der Waals surface area contributed by atoms with Crippen molar-refractivity contribution in [3.63, 3.8) is 0 Å². The molecule has 0 radical (unpaired) electrons. The highest BCUT2D eigenvalue weighted by molar-refractivity contribution is 5.90. The molecule has 0 spiro atoms. The first-order valence-electron chi connectivity index (χ1n) is 8.62. The summed E-state index contributed by atoms with van der Waals surface area (Å²) in [5.41, 5.74) is 5.16. The Balaban J connectivity index is 2.45. The molecule has 3 amide bonds. The monoisotopic (exact) mass is 349 g/mol. The third-order valence-corrected chi connectivity index (χ3v) is 3.55. The number of hydrogen-bond donors (Lipinski definition) is 3. The summed E-state index contributed by atoms with van der Waals surface area (Å²) in [6.45, 7) is 2.63. The first-order chi connectivity index (χ1) is 12.0. The topological polar surface area (TPSA) is 111 Å². The Labute approximate surface area is 148 Å². The SMILES string of the molecule is CCCCCCCNC(=O)[C@H](CC(N)=O)NC(=O)Oc1ccccc1. The highest BCUT2D eigenvalue weighted by atomic mass is 16.6. The van der Waals surface area contributed by atoms with Crippen LogP contribution in [0.15, 0.2) is 30.3 Å². The van der Waals surface area contributed by atoms with Gasteiger partial charge < -0.3 is 21.1 Å². The fourth-order valence-electron chi connectivity index (χ4n) is 2.24. The van der Waals surface area contributed by atoms with E-state index in [1.807, 2.05) is 0 Å². The van der Waals surface area contributed by atoms with Crippen LogP contribution in [0.4, 0.5) is 4.79 Å². The first-order valence-corrected chi connectivity index (χ1v) is 8.62. The van der Waals surface area contributed by atoms with E-state index in [4.69, 9.17) is 10.5 Å². The van der Waals surface area contributed by atoms with Crippen molar-refractivity contribution < 1.29 is 19.1 Å². The largest absolute Gasteiger partial charge is 0.413 e. The van der Waals surface area contributed by atoms with Crippen molar-refractivity contribution in [3.8, 4) is 5.75 Å². The van der Waals surface area contributed by atoms with Gasteiger partial charge in [0.05, 0.1) is 6.42 Å². The minimum Gasteiger partial charge on any atom is -0.410 e. The molecule has 0 saturated carbocycles. The number of rotatable bonds is 11. The average molecular weight is 349 g/mol. The Morgan fingerprint density at radius 3 is 2.40 bits per heavy atom. The van der Waals surface area contributed by atoms with Gasteiger partial charge in [-0.1, -0.05) is 50.8 Å². The smallest absolute Gasteiger partial charge is 0.410 e. The predicted molar refractivity (Wildman–Crippen MR) is 95.0 cm³/mol.